The van der Waals surface area contributed by atoms with Gasteiger partial charge >= 0.3 is 0 Å². The lowest BCUT2D eigenvalue weighted by molar-refractivity contribution is -0.0371. The second-order valence-corrected chi connectivity index (χ2v) is 6.73. The van der Waals surface area contributed by atoms with Gasteiger partial charge in [-0.2, -0.15) is 5.10 Å². The molecule has 3 rings (SSSR count). The molecule has 1 saturated heterocycles. The van der Waals surface area contributed by atoms with Crippen molar-refractivity contribution < 1.29 is 9.13 Å². The van der Waals surface area contributed by atoms with Gasteiger partial charge in [-0.25, -0.2) is 9.07 Å². The molecule has 0 N–H and O–H groups in total. The highest BCUT2D eigenvalue weighted by molar-refractivity contribution is 14.1. The van der Waals surface area contributed by atoms with E-state index in [-0.39, 0.29) is 11.3 Å². The molecule has 0 amide bonds. The molecule has 0 spiro atoms. The molecule has 1 fully saturated rings. The van der Waals surface area contributed by atoms with Crippen molar-refractivity contribution in [3.05, 3.63) is 25.1 Å². The topological polar surface area (TPSA) is 27.1 Å². The molecule has 3 nitrogen and oxygen atoms in total. The zero-order chi connectivity index (χ0) is 13.6. The lowest BCUT2D eigenvalue weighted by Crippen LogP contribution is -2.19. The van der Waals surface area contributed by atoms with Crippen LogP contribution in [0.1, 0.15) is 25.5 Å². The summed E-state index contributed by atoms with van der Waals surface area (Å²) in [5.41, 5.74) is 0.407. The van der Waals surface area contributed by atoms with Crippen LogP contribution in [-0.2, 0) is 4.74 Å². The Morgan fingerprint density at radius 1 is 1.53 bits per heavy atom. The average molecular weight is 459 g/mol. The van der Waals surface area contributed by atoms with E-state index >= 15 is 0 Å². The van der Waals surface area contributed by atoms with Gasteiger partial charge in [0.2, 0.25) is 0 Å². The number of benzene rings is 1. The Kier molecular flexibility index (Phi) is 4.03. The summed E-state index contributed by atoms with van der Waals surface area (Å²) in [6.45, 7) is 0.684. The van der Waals surface area contributed by atoms with E-state index in [9.17, 15) is 4.39 Å². The highest BCUT2D eigenvalue weighted by atomic mass is 127. The number of fused-ring (bicyclic) bond motifs is 1. The summed E-state index contributed by atoms with van der Waals surface area (Å²) in [4.78, 5) is 0. The van der Waals surface area contributed by atoms with E-state index in [0.717, 1.165) is 24.6 Å². The minimum Gasteiger partial charge on any atom is -0.356 e. The Labute approximate surface area is 136 Å². The minimum absolute atomic E-state index is 0.137. The van der Waals surface area contributed by atoms with Crippen LogP contribution >= 0.6 is 50.1 Å². The molecule has 2 heterocycles. The molecule has 19 heavy (non-hydrogen) atoms. The molecule has 1 aliphatic rings. The van der Waals surface area contributed by atoms with Crippen LogP contribution in [0.3, 0.4) is 0 Å². The Bertz CT molecular complexity index is 642. The van der Waals surface area contributed by atoms with E-state index in [0.29, 0.717) is 20.3 Å². The maximum absolute atomic E-state index is 14.4. The summed E-state index contributed by atoms with van der Waals surface area (Å²) in [7, 11) is 0. The average Bonchev–Trinajstić information content (AvgIpc) is 2.75. The van der Waals surface area contributed by atoms with Crippen LogP contribution in [0.5, 0.6) is 0 Å². The molecule has 1 aromatic carbocycles. The summed E-state index contributed by atoms with van der Waals surface area (Å²) >= 11 is 11.4. The normalized spacial score (nSPS) is 20.1. The van der Waals surface area contributed by atoms with Gasteiger partial charge in [0, 0.05) is 15.6 Å². The van der Waals surface area contributed by atoms with Crippen LogP contribution in [0.4, 0.5) is 4.39 Å². The van der Waals surface area contributed by atoms with E-state index in [1.807, 2.05) is 28.7 Å². The number of halogens is 4. The van der Waals surface area contributed by atoms with Gasteiger partial charge in [0.1, 0.15) is 10.1 Å². The lowest BCUT2D eigenvalue weighted by atomic mass is 10.2. The lowest BCUT2D eigenvalue weighted by Gasteiger charge is -2.23. The summed E-state index contributed by atoms with van der Waals surface area (Å²) in [5, 5.41) is 5.22. The number of hydrogen-bond donors (Lipinski definition) is 0. The molecule has 0 saturated carbocycles. The number of nitrogens with zero attached hydrogens (tertiary/aromatic N) is 2. The highest BCUT2D eigenvalue weighted by Gasteiger charge is 2.24. The number of hydrogen-bond acceptors (Lipinski definition) is 2. The van der Waals surface area contributed by atoms with Crippen molar-refractivity contribution in [2.45, 2.75) is 25.5 Å². The molecule has 1 aliphatic heterocycles. The maximum Gasteiger partial charge on any atom is 0.168 e. The molecule has 0 radical (unpaired) electrons. The Hall–Kier alpha value is 0.0800. The van der Waals surface area contributed by atoms with Gasteiger partial charge in [0.15, 0.2) is 12.0 Å². The Morgan fingerprint density at radius 2 is 2.32 bits per heavy atom. The van der Waals surface area contributed by atoms with Gasteiger partial charge in [-0.3, -0.25) is 0 Å². The second-order valence-electron chi connectivity index (χ2n) is 4.44. The first kappa shape index (κ1) is 14.0. The molecule has 0 bridgehead atoms. The smallest absolute Gasteiger partial charge is 0.168 e. The first-order valence-electron chi connectivity index (χ1n) is 5.92. The Balaban J connectivity index is 2.22. The fourth-order valence-electron chi connectivity index (χ4n) is 2.29. The van der Waals surface area contributed by atoms with Gasteiger partial charge in [-0.15, -0.1) is 0 Å². The summed E-state index contributed by atoms with van der Waals surface area (Å²) in [6, 6.07) is 1.83. The van der Waals surface area contributed by atoms with Crippen LogP contribution in [-0.4, -0.2) is 16.4 Å². The van der Waals surface area contributed by atoms with Crippen molar-refractivity contribution in [1.29, 1.82) is 0 Å². The third-order valence-electron chi connectivity index (χ3n) is 3.21. The van der Waals surface area contributed by atoms with Crippen molar-refractivity contribution >= 4 is 61.0 Å². The van der Waals surface area contributed by atoms with E-state index < -0.39 is 5.82 Å². The fraction of sp³-hybridized carbons (Fsp3) is 0.417. The summed E-state index contributed by atoms with van der Waals surface area (Å²) in [5.74, 6) is -0.434. The van der Waals surface area contributed by atoms with Crippen molar-refractivity contribution in [3.8, 4) is 0 Å². The predicted molar refractivity (Wildman–Crippen MR) is 84.0 cm³/mol. The molecular weight excluding hydrogens is 449 g/mol. The number of rotatable bonds is 1. The standard InChI is InChI=1S/C12H10BrClFIN2O/c13-12-6-5-7(16)9(14)10(15)11(6)18(17-12)8-3-1-2-4-19-8/h5,8H,1-4H2. The molecule has 102 valence electrons. The molecule has 7 heteroatoms. The van der Waals surface area contributed by atoms with Crippen LogP contribution in [0, 0.1) is 9.39 Å². The third kappa shape index (κ3) is 2.41. The van der Waals surface area contributed by atoms with Crippen LogP contribution in [0.25, 0.3) is 10.9 Å². The van der Waals surface area contributed by atoms with Crippen molar-refractivity contribution in [2.75, 3.05) is 6.61 Å². The predicted octanol–water partition coefficient (Wildman–Crippen LogP) is 4.90. The molecular formula is C12H10BrClFIN2O. The number of ether oxygens (including phenoxy) is 1. The second kappa shape index (κ2) is 5.46. The van der Waals surface area contributed by atoms with E-state index in [1.165, 1.54) is 0 Å². The zero-order valence-electron chi connectivity index (χ0n) is 9.80. The molecule has 2 aromatic rings. The third-order valence-corrected chi connectivity index (χ3v) is 5.34. The van der Waals surface area contributed by atoms with Crippen LogP contribution in [0.2, 0.25) is 5.02 Å². The van der Waals surface area contributed by atoms with E-state index in [1.54, 1.807) is 4.68 Å². The quantitative estimate of drug-likeness (QED) is 0.448. The first-order valence-corrected chi connectivity index (χ1v) is 8.17. The SMILES string of the molecule is Fc1c(Cl)c(I)cc2c(Br)nn(C3CCCCO3)c12. The van der Waals surface area contributed by atoms with Gasteiger partial charge < -0.3 is 4.74 Å². The van der Waals surface area contributed by atoms with E-state index in [4.69, 9.17) is 16.3 Å². The highest BCUT2D eigenvalue weighted by Crippen LogP contribution is 2.36. The minimum atomic E-state index is -0.434. The van der Waals surface area contributed by atoms with Gasteiger partial charge in [0.25, 0.3) is 0 Å². The zero-order valence-corrected chi connectivity index (χ0v) is 14.3. The molecule has 1 aromatic heterocycles. The van der Waals surface area contributed by atoms with Crippen LogP contribution < -0.4 is 0 Å². The van der Waals surface area contributed by atoms with Gasteiger partial charge in [-0.1, -0.05) is 11.6 Å². The Morgan fingerprint density at radius 3 is 3.00 bits per heavy atom. The first-order chi connectivity index (χ1) is 9.09. The molecule has 1 unspecified atom stereocenters. The van der Waals surface area contributed by atoms with Gasteiger partial charge in [-0.05, 0) is 63.8 Å². The molecule has 0 aliphatic carbocycles. The van der Waals surface area contributed by atoms with Crippen molar-refractivity contribution in [3.63, 3.8) is 0 Å². The maximum atomic E-state index is 14.4. The van der Waals surface area contributed by atoms with Crippen LogP contribution in [0.15, 0.2) is 10.7 Å². The fourth-order valence-corrected chi connectivity index (χ4v) is 3.46. The van der Waals surface area contributed by atoms with Crippen molar-refractivity contribution in [2.24, 2.45) is 0 Å². The largest absolute Gasteiger partial charge is 0.356 e. The monoisotopic (exact) mass is 458 g/mol. The summed E-state index contributed by atoms with van der Waals surface area (Å²) < 4.78 is 23.0. The van der Waals surface area contributed by atoms with Crippen molar-refractivity contribution in [1.82, 2.24) is 9.78 Å². The molecule has 1 atom stereocenters. The van der Waals surface area contributed by atoms with E-state index in [2.05, 4.69) is 21.0 Å². The van der Waals surface area contributed by atoms with Gasteiger partial charge in [0.05, 0.1) is 5.02 Å². The number of aromatic nitrogens is 2. The summed E-state index contributed by atoms with van der Waals surface area (Å²) in [6.07, 6.45) is 2.72.